The van der Waals surface area contributed by atoms with Crippen molar-refractivity contribution in [3.63, 3.8) is 0 Å². The van der Waals surface area contributed by atoms with Gasteiger partial charge >= 0.3 is 0 Å². The van der Waals surface area contributed by atoms with E-state index in [0.717, 1.165) is 36.7 Å². The molecule has 2 fully saturated rings. The van der Waals surface area contributed by atoms with E-state index in [1.165, 1.54) is 6.42 Å². The number of aliphatic imine (C=N–C) groups is 1. The van der Waals surface area contributed by atoms with Crippen molar-refractivity contribution in [2.24, 2.45) is 4.99 Å². The second kappa shape index (κ2) is 7.44. The van der Waals surface area contributed by atoms with Crippen LogP contribution in [-0.2, 0) is 17.7 Å². The third-order valence-corrected chi connectivity index (χ3v) is 4.05. The van der Waals surface area contributed by atoms with Gasteiger partial charge in [-0.05, 0) is 25.7 Å². The molecule has 3 atom stereocenters. The highest BCUT2D eigenvalue weighted by Crippen LogP contribution is 2.34. The predicted octanol–water partition coefficient (Wildman–Crippen LogP) is 1.84. The number of aryl methyl sites for hydroxylation is 1. The SMILES string of the molecule is CCc1cc(CNC(=NC)NC2CC3CCC2O3)on1.I. The fourth-order valence-corrected chi connectivity index (χ4v) is 2.94. The molecule has 1 aromatic rings. The molecule has 21 heavy (non-hydrogen) atoms. The lowest BCUT2D eigenvalue weighted by atomic mass is 9.96. The highest BCUT2D eigenvalue weighted by molar-refractivity contribution is 14.0. The Morgan fingerprint density at radius 2 is 2.33 bits per heavy atom. The molecule has 3 unspecified atom stereocenters. The molecular formula is C14H23IN4O2. The minimum absolute atomic E-state index is 0. The smallest absolute Gasteiger partial charge is 0.191 e. The maximum atomic E-state index is 5.84. The first-order chi connectivity index (χ1) is 9.78. The molecule has 0 aromatic carbocycles. The Kier molecular flexibility index (Phi) is 5.86. The molecule has 2 aliphatic rings. The summed E-state index contributed by atoms with van der Waals surface area (Å²) < 4.78 is 11.1. The van der Waals surface area contributed by atoms with Crippen LogP contribution in [0.1, 0.15) is 37.6 Å². The van der Waals surface area contributed by atoms with Gasteiger partial charge in [0, 0.05) is 13.1 Å². The number of fused-ring (bicyclic) bond motifs is 2. The molecule has 2 saturated heterocycles. The van der Waals surface area contributed by atoms with Crippen LogP contribution in [0.4, 0.5) is 0 Å². The van der Waals surface area contributed by atoms with E-state index in [4.69, 9.17) is 9.26 Å². The Balaban J connectivity index is 0.00000161. The lowest BCUT2D eigenvalue weighted by Gasteiger charge is -2.22. The van der Waals surface area contributed by atoms with E-state index in [1.807, 2.05) is 6.07 Å². The second-order valence-corrected chi connectivity index (χ2v) is 5.42. The third-order valence-electron chi connectivity index (χ3n) is 4.05. The number of guanidine groups is 1. The standard InChI is InChI=1S/C14H22N4O2.HI/c1-3-9-6-11(20-18-9)8-16-14(15-2)17-12-7-10-4-5-13(12)19-10;/h6,10,12-13H,3-5,7-8H2,1-2H3,(H2,15,16,17);1H. The van der Waals surface area contributed by atoms with Crippen molar-refractivity contribution in [1.82, 2.24) is 15.8 Å². The van der Waals surface area contributed by atoms with Crippen LogP contribution >= 0.6 is 24.0 Å². The van der Waals surface area contributed by atoms with E-state index in [0.29, 0.717) is 24.8 Å². The van der Waals surface area contributed by atoms with Gasteiger partial charge in [-0.15, -0.1) is 24.0 Å². The number of halogens is 1. The van der Waals surface area contributed by atoms with Crippen molar-refractivity contribution in [3.05, 3.63) is 17.5 Å². The summed E-state index contributed by atoms with van der Waals surface area (Å²) in [4.78, 5) is 4.25. The van der Waals surface area contributed by atoms with E-state index in [9.17, 15) is 0 Å². The molecule has 0 radical (unpaired) electrons. The summed E-state index contributed by atoms with van der Waals surface area (Å²) in [6, 6.07) is 2.35. The number of ether oxygens (including phenoxy) is 1. The zero-order valence-electron chi connectivity index (χ0n) is 12.5. The number of hydrogen-bond donors (Lipinski definition) is 2. The highest BCUT2D eigenvalue weighted by atomic mass is 127. The van der Waals surface area contributed by atoms with Gasteiger partial charge in [-0.1, -0.05) is 12.1 Å². The van der Waals surface area contributed by atoms with Crippen molar-refractivity contribution in [1.29, 1.82) is 0 Å². The molecule has 2 N–H and O–H groups in total. The van der Waals surface area contributed by atoms with Crippen LogP contribution in [0.3, 0.4) is 0 Å². The molecule has 118 valence electrons. The molecule has 7 heteroatoms. The lowest BCUT2D eigenvalue weighted by molar-refractivity contribution is 0.0992. The van der Waals surface area contributed by atoms with Crippen molar-refractivity contribution in [3.8, 4) is 0 Å². The third kappa shape index (κ3) is 3.88. The number of rotatable bonds is 4. The molecule has 2 aliphatic heterocycles. The number of aromatic nitrogens is 1. The van der Waals surface area contributed by atoms with Crippen LogP contribution in [0, 0.1) is 0 Å². The van der Waals surface area contributed by atoms with Crippen LogP contribution < -0.4 is 10.6 Å². The van der Waals surface area contributed by atoms with E-state index >= 15 is 0 Å². The van der Waals surface area contributed by atoms with E-state index in [1.54, 1.807) is 7.05 Å². The summed E-state index contributed by atoms with van der Waals surface area (Å²) in [5.74, 6) is 1.62. The first-order valence-electron chi connectivity index (χ1n) is 7.35. The topological polar surface area (TPSA) is 71.7 Å². The summed E-state index contributed by atoms with van der Waals surface area (Å²) in [6.45, 7) is 2.65. The normalized spacial score (nSPS) is 27.5. The average molecular weight is 406 g/mol. The Morgan fingerprint density at radius 1 is 1.48 bits per heavy atom. The fraction of sp³-hybridized carbons (Fsp3) is 0.714. The number of nitrogens with one attached hydrogen (secondary N) is 2. The quantitative estimate of drug-likeness (QED) is 0.454. The molecule has 0 aliphatic carbocycles. The molecule has 0 amide bonds. The molecule has 0 spiro atoms. The first-order valence-corrected chi connectivity index (χ1v) is 7.35. The fourth-order valence-electron chi connectivity index (χ4n) is 2.94. The van der Waals surface area contributed by atoms with Crippen LogP contribution in [0.5, 0.6) is 0 Å². The van der Waals surface area contributed by atoms with Crippen LogP contribution in [0.15, 0.2) is 15.6 Å². The molecule has 3 heterocycles. The van der Waals surface area contributed by atoms with Gasteiger partial charge in [0.2, 0.25) is 0 Å². The van der Waals surface area contributed by atoms with Gasteiger partial charge in [-0.3, -0.25) is 4.99 Å². The zero-order valence-corrected chi connectivity index (χ0v) is 14.8. The van der Waals surface area contributed by atoms with Crippen LogP contribution in [0.25, 0.3) is 0 Å². The van der Waals surface area contributed by atoms with Gasteiger partial charge in [-0.2, -0.15) is 0 Å². The summed E-state index contributed by atoms with van der Waals surface area (Å²) >= 11 is 0. The van der Waals surface area contributed by atoms with Crippen molar-refractivity contribution >= 4 is 29.9 Å². The Labute approximate surface area is 142 Å². The Hall–Kier alpha value is -0.830. The molecule has 0 saturated carbocycles. The van der Waals surface area contributed by atoms with E-state index in [-0.39, 0.29) is 24.0 Å². The second-order valence-electron chi connectivity index (χ2n) is 5.42. The maximum Gasteiger partial charge on any atom is 0.191 e. The van der Waals surface area contributed by atoms with Crippen molar-refractivity contribution in [2.75, 3.05) is 7.05 Å². The Morgan fingerprint density at radius 3 is 2.90 bits per heavy atom. The molecular weight excluding hydrogens is 383 g/mol. The highest BCUT2D eigenvalue weighted by Gasteiger charge is 2.41. The van der Waals surface area contributed by atoms with Gasteiger partial charge in [0.05, 0.1) is 30.5 Å². The summed E-state index contributed by atoms with van der Waals surface area (Å²) in [7, 11) is 1.78. The van der Waals surface area contributed by atoms with Crippen LogP contribution in [-0.4, -0.2) is 36.4 Å². The monoisotopic (exact) mass is 406 g/mol. The lowest BCUT2D eigenvalue weighted by Crippen LogP contribution is -2.47. The average Bonchev–Trinajstić information content (AvgIpc) is 3.19. The minimum atomic E-state index is 0. The summed E-state index contributed by atoms with van der Waals surface area (Å²) in [6.07, 6.45) is 5.10. The van der Waals surface area contributed by atoms with Gasteiger partial charge in [0.25, 0.3) is 0 Å². The van der Waals surface area contributed by atoms with Crippen molar-refractivity contribution in [2.45, 2.75) is 57.4 Å². The molecule has 1 aromatic heterocycles. The number of nitrogens with zero attached hydrogens (tertiary/aromatic N) is 2. The van der Waals surface area contributed by atoms with E-state index < -0.39 is 0 Å². The van der Waals surface area contributed by atoms with Gasteiger partial charge in [-0.25, -0.2) is 0 Å². The molecule has 3 rings (SSSR count). The molecule has 6 nitrogen and oxygen atoms in total. The van der Waals surface area contributed by atoms with Gasteiger partial charge in [0.15, 0.2) is 11.7 Å². The largest absolute Gasteiger partial charge is 0.373 e. The van der Waals surface area contributed by atoms with E-state index in [2.05, 4.69) is 27.7 Å². The van der Waals surface area contributed by atoms with Gasteiger partial charge < -0.3 is 19.9 Å². The summed E-state index contributed by atoms with van der Waals surface area (Å²) in [5.41, 5.74) is 0.978. The van der Waals surface area contributed by atoms with Crippen molar-refractivity contribution < 1.29 is 9.26 Å². The molecule has 2 bridgehead atoms. The zero-order chi connectivity index (χ0) is 13.9. The van der Waals surface area contributed by atoms with Crippen LogP contribution in [0.2, 0.25) is 0 Å². The Bertz CT molecular complexity index is 491. The summed E-state index contributed by atoms with van der Waals surface area (Å²) in [5, 5.41) is 10.7. The van der Waals surface area contributed by atoms with Gasteiger partial charge in [0.1, 0.15) is 0 Å². The predicted molar refractivity (Wildman–Crippen MR) is 90.9 cm³/mol. The first kappa shape index (κ1) is 16.5. The maximum absolute atomic E-state index is 5.84. The minimum Gasteiger partial charge on any atom is -0.373 e. The number of hydrogen-bond acceptors (Lipinski definition) is 4.